The van der Waals surface area contributed by atoms with Gasteiger partial charge in [0.05, 0.1) is 6.04 Å². The lowest BCUT2D eigenvalue weighted by atomic mass is 10.0. The van der Waals surface area contributed by atoms with Crippen molar-refractivity contribution >= 4 is 11.6 Å². The third kappa shape index (κ3) is 2.25. The van der Waals surface area contributed by atoms with Crippen LogP contribution in [-0.4, -0.2) is 0 Å². The van der Waals surface area contributed by atoms with E-state index in [-0.39, 0.29) is 6.04 Å². The fourth-order valence-electron chi connectivity index (χ4n) is 1.69. The molecule has 4 heteroatoms. The zero-order chi connectivity index (χ0) is 10.8. The average molecular weight is 222 g/mol. The minimum Gasteiger partial charge on any atom is -0.0861 e. The van der Waals surface area contributed by atoms with Crippen molar-refractivity contribution in [1.82, 2.24) is 0 Å². The highest BCUT2D eigenvalue weighted by Crippen LogP contribution is 2.41. The molecule has 0 aromatic heterocycles. The lowest BCUT2D eigenvalue weighted by Gasteiger charge is -2.09. The minimum absolute atomic E-state index is 0.198. The topological polar surface area (TPSA) is 48.8 Å². The molecule has 0 aliphatic heterocycles. The first-order valence-corrected chi connectivity index (χ1v) is 5.43. The third-order valence-corrected chi connectivity index (χ3v) is 3.08. The second-order valence-electron chi connectivity index (χ2n) is 3.94. The van der Waals surface area contributed by atoms with Gasteiger partial charge in [-0.15, -0.1) is 0 Å². The van der Waals surface area contributed by atoms with Crippen LogP contribution in [0.1, 0.15) is 42.9 Å². The van der Waals surface area contributed by atoms with Crippen LogP contribution in [0.3, 0.4) is 0 Å². The van der Waals surface area contributed by atoms with Crippen LogP contribution in [0, 0.1) is 0 Å². The summed E-state index contributed by atoms with van der Waals surface area (Å²) in [6, 6.07) is 5.85. The van der Waals surface area contributed by atoms with Gasteiger partial charge in [0, 0.05) is 9.93 Å². The SMILES string of the molecule is CC(N=[N+]=[N-])c1ccc(C2CC2)cc1Cl. The lowest BCUT2D eigenvalue weighted by Crippen LogP contribution is -1.91. The van der Waals surface area contributed by atoms with E-state index in [4.69, 9.17) is 17.1 Å². The first-order chi connectivity index (χ1) is 7.22. The Morgan fingerprint density at radius 2 is 2.27 bits per heavy atom. The Labute approximate surface area is 93.7 Å². The highest BCUT2D eigenvalue weighted by Gasteiger charge is 2.24. The lowest BCUT2D eigenvalue weighted by molar-refractivity contribution is 0.807. The Hall–Kier alpha value is -1.18. The van der Waals surface area contributed by atoms with Crippen LogP contribution in [-0.2, 0) is 0 Å². The summed E-state index contributed by atoms with van der Waals surface area (Å²) >= 11 is 6.15. The molecule has 2 rings (SSSR count). The van der Waals surface area contributed by atoms with Crippen LogP contribution >= 0.6 is 11.6 Å². The van der Waals surface area contributed by atoms with E-state index in [1.165, 1.54) is 18.4 Å². The molecule has 0 amide bonds. The fraction of sp³-hybridized carbons (Fsp3) is 0.455. The van der Waals surface area contributed by atoms with E-state index in [0.29, 0.717) is 10.9 Å². The number of halogens is 1. The van der Waals surface area contributed by atoms with Crippen molar-refractivity contribution in [3.63, 3.8) is 0 Å². The van der Waals surface area contributed by atoms with Gasteiger partial charge in [-0.1, -0.05) is 35.8 Å². The second-order valence-corrected chi connectivity index (χ2v) is 4.34. The normalized spacial score (nSPS) is 16.9. The van der Waals surface area contributed by atoms with Crippen LogP contribution in [0.2, 0.25) is 5.02 Å². The van der Waals surface area contributed by atoms with Gasteiger partial charge in [0.25, 0.3) is 0 Å². The smallest absolute Gasteiger partial charge is 0.0611 e. The number of nitrogens with zero attached hydrogens (tertiary/aromatic N) is 3. The molecule has 1 atom stereocenters. The summed E-state index contributed by atoms with van der Waals surface area (Å²) < 4.78 is 0. The van der Waals surface area contributed by atoms with Gasteiger partial charge in [0.15, 0.2) is 0 Å². The molecule has 3 nitrogen and oxygen atoms in total. The Morgan fingerprint density at radius 3 is 2.80 bits per heavy atom. The molecule has 0 radical (unpaired) electrons. The number of benzene rings is 1. The van der Waals surface area contributed by atoms with Gasteiger partial charge in [-0.3, -0.25) is 0 Å². The van der Waals surface area contributed by atoms with Crippen molar-refractivity contribution in [3.05, 3.63) is 44.8 Å². The Bertz CT molecular complexity index is 420. The molecule has 0 bridgehead atoms. The summed E-state index contributed by atoms with van der Waals surface area (Å²) in [5, 5.41) is 4.35. The molecule has 1 fully saturated rings. The van der Waals surface area contributed by atoms with Crippen LogP contribution in [0.5, 0.6) is 0 Å². The fourth-order valence-corrected chi connectivity index (χ4v) is 2.04. The zero-order valence-electron chi connectivity index (χ0n) is 8.52. The monoisotopic (exact) mass is 221 g/mol. The van der Waals surface area contributed by atoms with Crippen LogP contribution in [0.25, 0.3) is 10.4 Å². The Balaban J connectivity index is 2.28. The summed E-state index contributed by atoms with van der Waals surface area (Å²) in [6.45, 7) is 1.84. The van der Waals surface area contributed by atoms with Crippen molar-refractivity contribution in [2.45, 2.75) is 31.7 Å². The first-order valence-electron chi connectivity index (χ1n) is 5.06. The van der Waals surface area contributed by atoms with E-state index >= 15 is 0 Å². The van der Waals surface area contributed by atoms with Crippen molar-refractivity contribution in [2.24, 2.45) is 5.11 Å². The van der Waals surface area contributed by atoms with Gasteiger partial charge in [0.2, 0.25) is 0 Å². The van der Waals surface area contributed by atoms with Gasteiger partial charge in [-0.05, 0) is 41.5 Å². The molecule has 78 valence electrons. The standard InChI is InChI=1S/C11H12ClN3/c1-7(14-15-13)10-5-4-9(6-11(10)12)8-2-3-8/h4-8H,2-3H2,1H3. The van der Waals surface area contributed by atoms with E-state index < -0.39 is 0 Å². The van der Waals surface area contributed by atoms with Crippen molar-refractivity contribution in [2.75, 3.05) is 0 Å². The van der Waals surface area contributed by atoms with E-state index in [9.17, 15) is 0 Å². The van der Waals surface area contributed by atoms with Crippen LogP contribution < -0.4 is 0 Å². The summed E-state index contributed by atoms with van der Waals surface area (Å²) in [6.07, 6.45) is 2.53. The summed E-state index contributed by atoms with van der Waals surface area (Å²) in [7, 11) is 0. The molecule has 1 aromatic carbocycles. The summed E-state index contributed by atoms with van der Waals surface area (Å²) in [4.78, 5) is 2.79. The highest BCUT2D eigenvalue weighted by atomic mass is 35.5. The maximum absolute atomic E-state index is 8.36. The van der Waals surface area contributed by atoms with Crippen molar-refractivity contribution < 1.29 is 0 Å². The van der Waals surface area contributed by atoms with Gasteiger partial charge in [-0.2, -0.15) is 0 Å². The molecule has 1 aliphatic carbocycles. The minimum atomic E-state index is -0.198. The van der Waals surface area contributed by atoms with E-state index in [2.05, 4.69) is 16.1 Å². The maximum Gasteiger partial charge on any atom is 0.0611 e. The molecule has 15 heavy (non-hydrogen) atoms. The van der Waals surface area contributed by atoms with Crippen LogP contribution in [0.4, 0.5) is 0 Å². The van der Waals surface area contributed by atoms with Crippen molar-refractivity contribution in [3.8, 4) is 0 Å². The van der Waals surface area contributed by atoms with E-state index in [1.807, 2.05) is 19.1 Å². The molecular weight excluding hydrogens is 210 g/mol. The molecule has 1 aliphatic rings. The molecule has 1 aromatic rings. The maximum atomic E-state index is 8.36. The quantitative estimate of drug-likeness (QED) is 0.407. The first kappa shape index (κ1) is 10.3. The molecule has 0 heterocycles. The zero-order valence-corrected chi connectivity index (χ0v) is 9.28. The van der Waals surface area contributed by atoms with Gasteiger partial charge in [0.1, 0.15) is 0 Å². The Morgan fingerprint density at radius 1 is 1.53 bits per heavy atom. The summed E-state index contributed by atoms with van der Waals surface area (Å²) in [5.74, 6) is 0.700. The van der Waals surface area contributed by atoms with Crippen LogP contribution in [0.15, 0.2) is 23.3 Å². The largest absolute Gasteiger partial charge is 0.0861 e. The average Bonchev–Trinajstić information content (AvgIpc) is 3.01. The molecular formula is C11H12ClN3. The van der Waals surface area contributed by atoms with Gasteiger partial charge in [-0.25, -0.2) is 0 Å². The number of hydrogen-bond acceptors (Lipinski definition) is 1. The molecule has 1 unspecified atom stereocenters. The van der Waals surface area contributed by atoms with Crippen molar-refractivity contribution in [1.29, 1.82) is 0 Å². The second kappa shape index (κ2) is 4.13. The Kier molecular flexibility index (Phi) is 2.85. The number of azide groups is 1. The molecule has 0 N–H and O–H groups in total. The number of rotatable bonds is 3. The third-order valence-electron chi connectivity index (χ3n) is 2.75. The number of hydrogen-bond donors (Lipinski definition) is 0. The molecule has 1 saturated carbocycles. The summed E-state index contributed by atoms with van der Waals surface area (Å²) in [5.41, 5.74) is 10.6. The predicted molar refractivity (Wildman–Crippen MR) is 61.0 cm³/mol. The molecule has 0 saturated heterocycles. The highest BCUT2D eigenvalue weighted by molar-refractivity contribution is 6.31. The van der Waals surface area contributed by atoms with E-state index in [1.54, 1.807) is 0 Å². The van der Waals surface area contributed by atoms with Gasteiger partial charge >= 0.3 is 0 Å². The molecule has 0 spiro atoms. The van der Waals surface area contributed by atoms with Gasteiger partial charge < -0.3 is 0 Å². The predicted octanol–water partition coefficient (Wildman–Crippen LogP) is 4.59. The van der Waals surface area contributed by atoms with E-state index in [0.717, 1.165) is 5.56 Å².